The highest BCUT2D eigenvalue weighted by Crippen LogP contribution is 2.24. The predicted octanol–water partition coefficient (Wildman–Crippen LogP) is 0.446. The Morgan fingerprint density at radius 1 is 1.42 bits per heavy atom. The van der Waals surface area contributed by atoms with Crippen LogP contribution in [0.5, 0.6) is 0 Å². The third-order valence-corrected chi connectivity index (χ3v) is 2.72. The summed E-state index contributed by atoms with van der Waals surface area (Å²) in [4.78, 5) is 2.33. The monoisotopic (exact) mass is 172 g/mol. The molecule has 0 unspecified atom stereocenters. The Morgan fingerprint density at radius 2 is 2.00 bits per heavy atom. The fourth-order valence-corrected chi connectivity index (χ4v) is 1.74. The number of ether oxygens (including phenoxy) is 1. The Hall–Kier alpha value is -0.120. The minimum absolute atomic E-state index is 0.0126. The first-order valence-electron chi connectivity index (χ1n) is 4.75. The normalized spacial score (nSPS) is 24.2. The highest BCUT2D eigenvalue weighted by atomic mass is 16.5. The lowest BCUT2D eigenvalue weighted by molar-refractivity contribution is -0.0690. The van der Waals surface area contributed by atoms with Gasteiger partial charge in [-0.3, -0.25) is 0 Å². The number of likely N-dealkylation sites (tertiary alicyclic amines) is 1. The lowest BCUT2D eigenvalue weighted by atomic mass is 9.91. The van der Waals surface area contributed by atoms with Gasteiger partial charge in [0.15, 0.2) is 0 Å². The van der Waals surface area contributed by atoms with E-state index in [1.807, 2.05) is 6.92 Å². The number of rotatable bonds is 3. The van der Waals surface area contributed by atoms with Crippen LogP contribution in [-0.4, -0.2) is 43.8 Å². The molecule has 0 atom stereocenters. The summed E-state index contributed by atoms with van der Waals surface area (Å²) in [5.41, 5.74) is 5.71. The van der Waals surface area contributed by atoms with E-state index in [2.05, 4.69) is 11.9 Å². The van der Waals surface area contributed by atoms with Gasteiger partial charge >= 0.3 is 0 Å². The second-order valence-electron chi connectivity index (χ2n) is 3.62. The molecule has 3 heteroatoms. The van der Waals surface area contributed by atoms with Gasteiger partial charge in [0.05, 0.1) is 5.60 Å². The van der Waals surface area contributed by atoms with Crippen LogP contribution in [0.15, 0.2) is 0 Å². The molecule has 0 aromatic rings. The van der Waals surface area contributed by atoms with Crippen LogP contribution in [0.25, 0.3) is 0 Å². The van der Waals surface area contributed by atoms with Crippen molar-refractivity contribution in [2.24, 2.45) is 5.73 Å². The van der Waals surface area contributed by atoms with Crippen LogP contribution >= 0.6 is 0 Å². The number of hydrogen-bond acceptors (Lipinski definition) is 3. The number of hydrogen-bond donors (Lipinski definition) is 1. The van der Waals surface area contributed by atoms with Crippen LogP contribution in [0.1, 0.15) is 19.8 Å². The van der Waals surface area contributed by atoms with E-state index in [4.69, 9.17) is 10.5 Å². The topological polar surface area (TPSA) is 38.5 Å². The van der Waals surface area contributed by atoms with Gasteiger partial charge < -0.3 is 15.4 Å². The second kappa shape index (κ2) is 4.21. The molecular formula is C9H20N2O. The summed E-state index contributed by atoms with van der Waals surface area (Å²) in [5.74, 6) is 0. The molecule has 3 nitrogen and oxygen atoms in total. The summed E-state index contributed by atoms with van der Waals surface area (Å²) >= 11 is 0. The molecule has 12 heavy (non-hydrogen) atoms. The molecule has 0 radical (unpaired) electrons. The Morgan fingerprint density at radius 3 is 2.42 bits per heavy atom. The average Bonchev–Trinajstić information content (AvgIpc) is 2.10. The quantitative estimate of drug-likeness (QED) is 0.671. The van der Waals surface area contributed by atoms with E-state index < -0.39 is 0 Å². The summed E-state index contributed by atoms with van der Waals surface area (Å²) in [5, 5.41) is 0. The minimum Gasteiger partial charge on any atom is -0.374 e. The zero-order valence-corrected chi connectivity index (χ0v) is 8.18. The Labute approximate surface area is 74.9 Å². The first kappa shape index (κ1) is 9.96. The summed E-state index contributed by atoms with van der Waals surface area (Å²) < 4.78 is 5.72. The van der Waals surface area contributed by atoms with Gasteiger partial charge in [0.2, 0.25) is 0 Å². The lowest BCUT2D eigenvalue weighted by Gasteiger charge is -2.39. The molecule has 0 bridgehead atoms. The summed E-state index contributed by atoms with van der Waals surface area (Å²) in [6, 6.07) is 0. The van der Waals surface area contributed by atoms with E-state index in [1.165, 1.54) is 0 Å². The molecular weight excluding hydrogens is 152 g/mol. The molecule has 0 spiro atoms. The largest absolute Gasteiger partial charge is 0.374 e. The van der Waals surface area contributed by atoms with Crippen molar-refractivity contribution < 1.29 is 4.74 Å². The molecule has 0 aromatic carbocycles. The second-order valence-corrected chi connectivity index (χ2v) is 3.62. The predicted molar refractivity (Wildman–Crippen MR) is 50.1 cm³/mol. The van der Waals surface area contributed by atoms with E-state index in [1.54, 1.807) is 0 Å². The molecule has 1 aliphatic rings. The third kappa shape index (κ3) is 2.19. The van der Waals surface area contributed by atoms with Crippen molar-refractivity contribution >= 4 is 0 Å². The van der Waals surface area contributed by atoms with Gasteiger partial charge in [-0.25, -0.2) is 0 Å². The standard InChI is InChI=1S/C9H20N2O/c1-3-12-9(8-10)4-6-11(2)7-5-9/h3-8,10H2,1-2H3. The van der Waals surface area contributed by atoms with Crippen molar-refractivity contribution in [3.05, 3.63) is 0 Å². The van der Waals surface area contributed by atoms with Crippen molar-refractivity contribution in [2.45, 2.75) is 25.4 Å². The van der Waals surface area contributed by atoms with Crippen LogP contribution in [-0.2, 0) is 4.74 Å². The summed E-state index contributed by atoms with van der Waals surface area (Å²) in [6.45, 7) is 5.69. The van der Waals surface area contributed by atoms with Gasteiger partial charge in [-0.15, -0.1) is 0 Å². The Bertz CT molecular complexity index is 130. The molecule has 1 rings (SSSR count). The van der Waals surface area contributed by atoms with E-state index in [0.29, 0.717) is 6.54 Å². The van der Waals surface area contributed by atoms with E-state index in [-0.39, 0.29) is 5.60 Å². The average molecular weight is 172 g/mol. The molecule has 72 valence electrons. The van der Waals surface area contributed by atoms with E-state index in [0.717, 1.165) is 32.5 Å². The molecule has 1 aliphatic heterocycles. The van der Waals surface area contributed by atoms with E-state index >= 15 is 0 Å². The Kier molecular flexibility index (Phi) is 3.50. The number of nitrogens with zero attached hydrogens (tertiary/aromatic N) is 1. The van der Waals surface area contributed by atoms with Crippen LogP contribution in [0, 0.1) is 0 Å². The maximum Gasteiger partial charge on any atom is 0.0828 e. The SMILES string of the molecule is CCOC1(CN)CCN(C)CC1. The molecule has 1 saturated heterocycles. The van der Waals surface area contributed by atoms with Crippen molar-refractivity contribution in [1.82, 2.24) is 4.90 Å². The van der Waals surface area contributed by atoms with Gasteiger partial charge in [-0.05, 0) is 26.8 Å². The number of piperidine rings is 1. The maximum absolute atomic E-state index is 5.73. The molecule has 2 N–H and O–H groups in total. The van der Waals surface area contributed by atoms with Crippen molar-refractivity contribution in [3.63, 3.8) is 0 Å². The van der Waals surface area contributed by atoms with Crippen molar-refractivity contribution in [3.8, 4) is 0 Å². The van der Waals surface area contributed by atoms with Gasteiger partial charge in [0.25, 0.3) is 0 Å². The number of nitrogens with two attached hydrogens (primary N) is 1. The fraction of sp³-hybridized carbons (Fsp3) is 1.00. The van der Waals surface area contributed by atoms with Crippen molar-refractivity contribution in [2.75, 3.05) is 33.3 Å². The van der Waals surface area contributed by atoms with Crippen LogP contribution in [0.3, 0.4) is 0 Å². The highest BCUT2D eigenvalue weighted by molar-refractivity contribution is 4.87. The van der Waals surface area contributed by atoms with Gasteiger partial charge in [0.1, 0.15) is 0 Å². The molecule has 1 fully saturated rings. The molecule has 0 amide bonds. The lowest BCUT2D eigenvalue weighted by Crippen LogP contribution is -2.49. The van der Waals surface area contributed by atoms with Crippen LogP contribution in [0.4, 0.5) is 0 Å². The molecule has 0 saturated carbocycles. The van der Waals surface area contributed by atoms with Crippen LogP contribution < -0.4 is 5.73 Å². The smallest absolute Gasteiger partial charge is 0.0828 e. The highest BCUT2D eigenvalue weighted by Gasteiger charge is 2.32. The fourth-order valence-electron chi connectivity index (χ4n) is 1.74. The van der Waals surface area contributed by atoms with Gasteiger partial charge in [-0.1, -0.05) is 0 Å². The van der Waals surface area contributed by atoms with Crippen molar-refractivity contribution in [1.29, 1.82) is 0 Å². The maximum atomic E-state index is 5.73. The molecule has 0 aliphatic carbocycles. The molecule has 1 heterocycles. The first-order valence-corrected chi connectivity index (χ1v) is 4.75. The van der Waals surface area contributed by atoms with Crippen LogP contribution in [0.2, 0.25) is 0 Å². The van der Waals surface area contributed by atoms with Gasteiger partial charge in [0, 0.05) is 26.2 Å². The Balaban J connectivity index is 2.45. The third-order valence-electron chi connectivity index (χ3n) is 2.72. The zero-order chi connectivity index (χ0) is 9.03. The van der Waals surface area contributed by atoms with E-state index in [9.17, 15) is 0 Å². The first-order chi connectivity index (χ1) is 5.72. The molecule has 0 aromatic heterocycles. The summed E-state index contributed by atoms with van der Waals surface area (Å²) in [6.07, 6.45) is 2.15. The summed E-state index contributed by atoms with van der Waals surface area (Å²) in [7, 11) is 2.15. The van der Waals surface area contributed by atoms with Gasteiger partial charge in [-0.2, -0.15) is 0 Å². The zero-order valence-electron chi connectivity index (χ0n) is 8.18. The minimum atomic E-state index is -0.0126.